The number of piperazine rings is 1. The van der Waals surface area contributed by atoms with E-state index in [4.69, 9.17) is 4.74 Å². The lowest BCUT2D eigenvalue weighted by Crippen LogP contribution is -2.46. The average molecular weight is 465 g/mol. The van der Waals surface area contributed by atoms with Gasteiger partial charge in [0.25, 0.3) is 0 Å². The monoisotopic (exact) mass is 464 g/mol. The van der Waals surface area contributed by atoms with E-state index in [-0.39, 0.29) is 5.82 Å². The van der Waals surface area contributed by atoms with Gasteiger partial charge in [-0.3, -0.25) is 4.90 Å². The molecule has 7 nitrogen and oxygen atoms in total. The maximum atomic E-state index is 13.7. The van der Waals surface area contributed by atoms with Gasteiger partial charge in [0.05, 0.1) is 6.61 Å². The summed E-state index contributed by atoms with van der Waals surface area (Å²) < 4.78 is 20.2. The molecule has 1 fully saturated rings. The summed E-state index contributed by atoms with van der Waals surface area (Å²) in [4.78, 5) is 11.2. The van der Waals surface area contributed by atoms with Crippen molar-refractivity contribution >= 4 is 5.95 Å². The molecule has 1 unspecified atom stereocenters. The molecule has 1 saturated heterocycles. The van der Waals surface area contributed by atoms with Gasteiger partial charge in [-0.15, -0.1) is 0 Å². The summed E-state index contributed by atoms with van der Waals surface area (Å²) in [7, 11) is 4.18. The van der Waals surface area contributed by atoms with Crippen LogP contribution in [0.2, 0.25) is 0 Å². The molecule has 2 aliphatic heterocycles. The first-order valence-electron chi connectivity index (χ1n) is 12.0. The summed E-state index contributed by atoms with van der Waals surface area (Å²) in [5, 5.41) is 6.91. The standard InChI is InChI=1S/C26H33FN6O/c1-31(2)11-3-10-26(22-5-7-23(27)8-6-22)24-9-4-20(16-21(24)18-34-26)17-32-12-14-33(15-13-32)25-28-19-29-30-25/h4-9,16,19H,3,10-15,17-18H2,1-2H3,(H,28,29,30). The first-order valence-corrected chi connectivity index (χ1v) is 12.0. The molecule has 3 heterocycles. The Morgan fingerprint density at radius 1 is 1.09 bits per heavy atom. The van der Waals surface area contributed by atoms with Gasteiger partial charge in [0, 0.05) is 32.7 Å². The van der Waals surface area contributed by atoms with Crippen molar-refractivity contribution in [2.45, 2.75) is 31.6 Å². The summed E-state index contributed by atoms with van der Waals surface area (Å²) in [6.45, 7) is 6.32. The SMILES string of the molecule is CN(C)CCCC1(c2ccc(F)cc2)OCc2cc(CN3CCN(c4ncn[nH]4)CC3)ccc21. The Morgan fingerprint density at radius 3 is 2.59 bits per heavy atom. The Morgan fingerprint density at radius 2 is 1.88 bits per heavy atom. The molecule has 34 heavy (non-hydrogen) atoms. The van der Waals surface area contributed by atoms with Gasteiger partial charge in [0.1, 0.15) is 17.7 Å². The number of rotatable bonds is 8. The van der Waals surface area contributed by atoms with Crippen LogP contribution in [-0.4, -0.2) is 71.8 Å². The smallest absolute Gasteiger partial charge is 0.221 e. The number of halogens is 1. The normalized spacial score (nSPS) is 20.8. The van der Waals surface area contributed by atoms with Crippen LogP contribution < -0.4 is 4.90 Å². The molecule has 0 spiro atoms. The van der Waals surface area contributed by atoms with Crippen molar-refractivity contribution in [3.8, 4) is 0 Å². The summed E-state index contributed by atoms with van der Waals surface area (Å²) >= 11 is 0. The Kier molecular flexibility index (Phi) is 6.63. The van der Waals surface area contributed by atoms with Crippen molar-refractivity contribution in [3.05, 3.63) is 76.9 Å². The van der Waals surface area contributed by atoms with E-state index in [0.717, 1.165) is 63.6 Å². The Hall–Kier alpha value is -2.81. The molecule has 0 amide bonds. The number of ether oxygens (including phenoxy) is 1. The minimum atomic E-state index is -0.514. The summed E-state index contributed by atoms with van der Waals surface area (Å²) in [6, 6.07) is 13.6. The van der Waals surface area contributed by atoms with Gasteiger partial charge < -0.3 is 14.5 Å². The Labute approximate surface area is 200 Å². The second-order valence-corrected chi connectivity index (χ2v) is 9.59. The second kappa shape index (κ2) is 9.82. The highest BCUT2D eigenvalue weighted by molar-refractivity contribution is 5.46. The van der Waals surface area contributed by atoms with Crippen LogP contribution in [0.4, 0.5) is 10.3 Å². The molecule has 180 valence electrons. The molecule has 0 aliphatic carbocycles. The van der Waals surface area contributed by atoms with Gasteiger partial charge in [-0.25, -0.2) is 9.49 Å². The maximum Gasteiger partial charge on any atom is 0.221 e. The van der Waals surface area contributed by atoms with Crippen molar-refractivity contribution in [1.29, 1.82) is 0 Å². The van der Waals surface area contributed by atoms with E-state index in [1.807, 2.05) is 12.1 Å². The van der Waals surface area contributed by atoms with E-state index in [1.165, 1.54) is 28.8 Å². The zero-order valence-electron chi connectivity index (χ0n) is 20.0. The number of H-pyrrole nitrogens is 1. The minimum absolute atomic E-state index is 0.218. The Balaban J connectivity index is 1.31. The molecule has 5 rings (SSSR count). The fraction of sp³-hybridized carbons (Fsp3) is 0.462. The fourth-order valence-corrected chi connectivity index (χ4v) is 5.22. The third-order valence-corrected chi connectivity index (χ3v) is 7.00. The molecule has 1 aromatic heterocycles. The summed E-state index contributed by atoms with van der Waals surface area (Å²) in [5.74, 6) is 0.630. The van der Waals surface area contributed by atoms with Crippen LogP contribution in [0.3, 0.4) is 0 Å². The largest absolute Gasteiger partial charge is 0.361 e. The van der Waals surface area contributed by atoms with Crippen molar-refractivity contribution in [3.63, 3.8) is 0 Å². The summed E-state index contributed by atoms with van der Waals surface area (Å²) in [5.41, 5.74) is 4.28. The van der Waals surface area contributed by atoms with E-state index in [2.05, 4.69) is 62.2 Å². The fourth-order valence-electron chi connectivity index (χ4n) is 5.22. The van der Waals surface area contributed by atoms with E-state index in [1.54, 1.807) is 6.33 Å². The lowest BCUT2D eigenvalue weighted by molar-refractivity contribution is -0.0140. The number of anilines is 1. The highest BCUT2D eigenvalue weighted by atomic mass is 19.1. The topological polar surface area (TPSA) is 60.5 Å². The van der Waals surface area contributed by atoms with Gasteiger partial charge in [-0.1, -0.05) is 30.3 Å². The molecule has 2 aliphatic rings. The molecular weight excluding hydrogens is 431 g/mol. The quantitative estimate of drug-likeness (QED) is 0.552. The molecule has 0 saturated carbocycles. The molecule has 1 atom stereocenters. The van der Waals surface area contributed by atoms with Gasteiger partial charge in [-0.05, 0) is 67.9 Å². The van der Waals surface area contributed by atoms with Gasteiger partial charge >= 0.3 is 0 Å². The van der Waals surface area contributed by atoms with E-state index >= 15 is 0 Å². The second-order valence-electron chi connectivity index (χ2n) is 9.59. The number of fused-ring (bicyclic) bond motifs is 1. The van der Waals surface area contributed by atoms with Crippen molar-refractivity contribution in [2.75, 3.05) is 51.7 Å². The van der Waals surface area contributed by atoms with E-state index in [9.17, 15) is 4.39 Å². The van der Waals surface area contributed by atoms with Crippen LogP contribution in [0.5, 0.6) is 0 Å². The molecule has 2 aromatic carbocycles. The van der Waals surface area contributed by atoms with Crippen molar-refractivity contribution < 1.29 is 9.13 Å². The van der Waals surface area contributed by atoms with Crippen LogP contribution in [0.1, 0.15) is 35.1 Å². The molecule has 0 radical (unpaired) electrons. The first-order chi connectivity index (χ1) is 16.5. The van der Waals surface area contributed by atoms with Crippen LogP contribution in [0, 0.1) is 5.82 Å². The minimum Gasteiger partial charge on any atom is -0.361 e. The van der Waals surface area contributed by atoms with Crippen LogP contribution in [0.15, 0.2) is 48.8 Å². The average Bonchev–Trinajstić information content (AvgIpc) is 3.49. The van der Waals surface area contributed by atoms with Crippen LogP contribution >= 0.6 is 0 Å². The van der Waals surface area contributed by atoms with Gasteiger partial charge in [0.15, 0.2) is 0 Å². The number of nitrogens with zero attached hydrogens (tertiary/aromatic N) is 5. The number of hydrogen-bond donors (Lipinski definition) is 1. The van der Waals surface area contributed by atoms with Crippen LogP contribution in [0.25, 0.3) is 0 Å². The molecule has 0 bridgehead atoms. The number of aromatic amines is 1. The molecule has 3 aromatic rings. The predicted molar refractivity (Wildman–Crippen MR) is 130 cm³/mol. The van der Waals surface area contributed by atoms with E-state index < -0.39 is 5.60 Å². The highest BCUT2D eigenvalue weighted by Crippen LogP contribution is 2.45. The highest BCUT2D eigenvalue weighted by Gasteiger charge is 2.41. The van der Waals surface area contributed by atoms with Crippen molar-refractivity contribution in [2.24, 2.45) is 0 Å². The van der Waals surface area contributed by atoms with Crippen LogP contribution in [-0.2, 0) is 23.5 Å². The van der Waals surface area contributed by atoms with Crippen molar-refractivity contribution in [1.82, 2.24) is 25.0 Å². The van der Waals surface area contributed by atoms with Gasteiger partial charge in [-0.2, -0.15) is 10.1 Å². The maximum absolute atomic E-state index is 13.7. The number of hydrogen-bond acceptors (Lipinski definition) is 6. The molecule has 8 heteroatoms. The predicted octanol–water partition coefficient (Wildman–Crippen LogP) is 3.38. The molecule has 1 N–H and O–H groups in total. The number of aromatic nitrogens is 3. The third kappa shape index (κ3) is 4.71. The third-order valence-electron chi connectivity index (χ3n) is 7.00. The molecular formula is C26H33FN6O. The lowest BCUT2D eigenvalue weighted by atomic mass is 9.81. The number of nitrogens with one attached hydrogen (secondary N) is 1. The zero-order valence-corrected chi connectivity index (χ0v) is 20.0. The zero-order chi connectivity index (χ0) is 23.5. The summed E-state index contributed by atoms with van der Waals surface area (Å²) in [6.07, 6.45) is 3.43. The Bertz CT molecular complexity index is 1080. The number of benzene rings is 2. The van der Waals surface area contributed by atoms with Gasteiger partial charge in [0.2, 0.25) is 5.95 Å². The lowest BCUT2D eigenvalue weighted by Gasteiger charge is -2.34. The van der Waals surface area contributed by atoms with E-state index in [0.29, 0.717) is 6.61 Å². The first kappa shape index (κ1) is 23.0.